The first-order chi connectivity index (χ1) is 9.84. The van der Waals surface area contributed by atoms with Crippen molar-refractivity contribution < 1.29 is 14.6 Å². The largest absolute Gasteiger partial charge is 0.496 e. The molecule has 2 atom stereocenters. The van der Waals surface area contributed by atoms with Gasteiger partial charge in [-0.25, -0.2) is 0 Å². The average molecular weight is 293 g/mol. The lowest BCUT2D eigenvalue weighted by Crippen LogP contribution is -2.43. The van der Waals surface area contributed by atoms with Crippen LogP contribution in [0.15, 0.2) is 24.3 Å². The number of hydrogen-bond donors (Lipinski definition) is 1. The number of methoxy groups -OCH3 is 1. The third kappa shape index (κ3) is 4.46. The van der Waals surface area contributed by atoms with Crippen molar-refractivity contribution in [2.45, 2.75) is 39.7 Å². The lowest BCUT2D eigenvalue weighted by molar-refractivity contribution is -0.149. The van der Waals surface area contributed by atoms with Crippen LogP contribution < -0.4 is 4.74 Å². The van der Waals surface area contributed by atoms with Crippen LogP contribution in [-0.4, -0.2) is 42.7 Å². The highest BCUT2D eigenvalue weighted by atomic mass is 16.5. The summed E-state index contributed by atoms with van der Waals surface area (Å²) < 4.78 is 5.37. The van der Waals surface area contributed by atoms with Crippen molar-refractivity contribution in [3.05, 3.63) is 29.8 Å². The minimum atomic E-state index is -0.735. The first kappa shape index (κ1) is 17.5. The number of benzene rings is 1. The third-order valence-corrected chi connectivity index (χ3v) is 4.36. The summed E-state index contributed by atoms with van der Waals surface area (Å²) in [7, 11) is 3.66. The topological polar surface area (TPSA) is 49.8 Å². The standard InChI is InChI=1S/C17H27NO3/c1-6-17(3,16(19)20)12-18(4)13(2)11-14-9-7-8-10-15(14)21-5/h7-10,13H,6,11-12H2,1-5H3,(H,19,20). The lowest BCUT2D eigenvalue weighted by atomic mass is 9.86. The van der Waals surface area contributed by atoms with E-state index >= 15 is 0 Å². The Labute approximate surface area is 127 Å². The van der Waals surface area contributed by atoms with Gasteiger partial charge in [-0.05, 0) is 45.4 Å². The normalized spacial score (nSPS) is 15.5. The van der Waals surface area contributed by atoms with Gasteiger partial charge in [-0.3, -0.25) is 4.79 Å². The molecular formula is C17H27NO3. The molecule has 1 rings (SSSR count). The van der Waals surface area contributed by atoms with E-state index in [-0.39, 0.29) is 6.04 Å². The molecule has 0 bridgehead atoms. The highest BCUT2D eigenvalue weighted by Crippen LogP contribution is 2.25. The maximum Gasteiger partial charge on any atom is 0.310 e. The summed E-state index contributed by atoms with van der Waals surface area (Å²) in [4.78, 5) is 13.5. The quantitative estimate of drug-likeness (QED) is 0.800. The van der Waals surface area contributed by atoms with Crippen LogP contribution in [0.4, 0.5) is 0 Å². The van der Waals surface area contributed by atoms with Gasteiger partial charge in [0.15, 0.2) is 0 Å². The number of para-hydroxylation sites is 1. The van der Waals surface area contributed by atoms with E-state index in [1.54, 1.807) is 7.11 Å². The number of carbonyl (C=O) groups is 1. The molecule has 0 aromatic heterocycles. The van der Waals surface area contributed by atoms with Gasteiger partial charge in [0.25, 0.3) is 0 Å². The molecule has 0 saturated heterocycles. The van der Waals surface area contributed by atoms with E-state index in [1.807, 2.05) is 39.1 Å². The second-order valence-corrected chi connectivity index (χ2v) is 6.00. The SMILES string of the molecule is CCC(C)(CN(C)C(C)Cc1ccccc1OC)C(=O)O. The van der Waals surface area contributed by atoms with Crippen LogP contribution in [0.2, 0.25) is 0 Å². The van der Waals surface area contributed by atoms with Gasteiger partial charge < -0.3 is 14.7 Å². The summed E-state index contributed by atoms with van der Waals surface area (Å²) >= 11 is 0. The average Bonchev–Trinajstić information content (AvgIpc) is 2.47. The third-order valence-electron chi connectivity index (χ3n) is 4.36. The van der Waals surface area contributed by atoms with Crippen molar-refractivity contribution in [1.29, 1.82) is 0 Å². The molecule has 0 aliphatic heterocycles. The molecule has 0 heterocycles. The summed E-state index contributed by atoms with van der Waals surface area (Å²) in [6, 6.07) is 8.20. The fourth-order valence-corrected chi connectivity index (χ4v) is 2.38. The van der Waals surface area contributed by atoms with E-state index in [4.69, 9.17) is 4.74 Å². The van der Waals surface area contributed by atoms with Crippen LogP contribution in [0.25, 0.3) is 0 Å². The van der Waals surface area contributed by atoms with E-state index in [9.17, 15) is 9.90 Å². The molecule has 0 aliphatic rings. The first-order valence-electron chi connectivity index (χ1n) is 7.39. The molecule has 0 radical (unpaired) electrons. The van der Waals surface area contributed by atoms with Crippen LogP contribution in [0.3, 0.4) is 0 Å². The number of ether oxygens (including phenoxy) is 1. The van der Waals surface area contributed by atoms with E-state index in [2.05, 4.69) is 17.9 Å². The Balaban J connectivity index is 2.75. The van der Waals surface area contributed by atoms with Crippen molar-refractivity contribution >= 4 is 5.97 Å². The van der Waals surface area contributed by atoms with Crippen LogP contribution >= 0.6 is 0 Å². The van der Waals surface area contributed by atoms with Crippen molar-refractivity contribution in [2.75, 3.05) is 20.7 Å². The van der Waals surface area contributed by atoms with Crippen molar-refractivity contribution in [3.63, 3.8) is 0 Å². The van der Waals surface area contributed by atoms with Gasteiger partial charge in [0, 0.05) is 12.6 Å². The summed E-state index contributed by atoms with van der Waals surface area (Å²) in [6.45, 7) is 6.38. The number of likely N-dealkylation sites (N-methyl/N-ethyl adjacent to an activating group) is 1. The number of nitrogens with zero attached hydrogens (tertiary/aromatic N) is 1. The number of aliphatic carboxylic acids is 1. The highest BCUT2D eigenvalue weighted by Gasteiger charge is 2.33. The van der Waals surface area contributed by atoms with Crippen molar-refractivity contribution in [3.8, 4) is 5.75 Å². The molecular weight excluding hydrogens is 266 g/mol. The summed E-state index contributed by atoms with van der Waals surface area (Å²) in [6.07, 6.45) is 1.45. The lowest BCUT2D eigenvalue weighted by Gasteiger charge is -2.33. The predicted octanol–water partition coefficient (Wildman–Crippen LogP) is 3.06. The van der Waals surface area contributed by atoms with Gasteiger partial charge in [0.1, 0.15) is 5.75 Å². The van der Waals surface area contributed by atoms with Gasteiger partial charge in [-0.1, -0.05) is 25.1 Å². The Bertz CT molecular complexity index is 475. The van der Waals surface area contributed by atoms with E-state index < -0.39 is 11.4 Å². The Morgan fingerprint density at radius 1 is 1.43 bits per heavy atom. The smallest absolute Gasteiger partial charge is 0.310 e. The zero-order chi connectivity index (χ0) is 16.0. The molecule has 2 unspecified atom stereocenters. The molecule has 1 aromatic carbocycles. The van der Waals surface area contributed by atoms with Gasteiger partial charge in [0.2, 0.25) is 0 Å². The molecule has 21 heavy (non-hydrogen) atoms. The second-order valence-electron chi connectivity index (χ2n) is 6.00. The van der Waals surface area contributed by atoms with Crippen LogP contribution in [0.1, 0.15) is 32.8 Å². The molecule has 4 nitrogen and oxygen atoms in total. The second kappa shape index (κ2) is 7.46. The first-order valence-corrected chi connectivity index (χ1v) is 7.39. The Hall–Kier alpha value is -1.55. The monoisotopic (exact) mass is 293 g/mol. The maximum absolute atomic E-state index is 11.4. The Morgan fingerprint density at radius 3 is 2.57 bits per heavy atom. The molecule has 0 fully saturated rings. The maximum atomic E-state index is 11.4. The number of hydrogen-bond acceptors (Lipinski definition) is 3. The fraction of sp³-hybridized carbons (Fsp3) is 0.588. The molecule has 4 heteroatoms. The van der Waals surface area contributed by atoms with Gasteiger partial charge >= 0.3 is 5.97 Å². The van der Waals surface area contributed by atoms with Gasteiger partial charge in [0.05, 0.1) is 12.5 Å². The number of carboxylic acid groups (broad SMARTS) is 1. The van der Waals surface area contributed by atoms with Crippen LogP contribution in [-0.2, 0) is 11.2 Å². The minimum absolute atomic E-state index is 0.242. The van der Waals surface area contributed by atoms with Crippen molar-refractivity contribution in [2.24, 2.45) is 5.41 Å². The van der Waals surface area contributed by atoms with Crippen LogP contribution in [0, 0.1) is 5.41 Å². The minimum Gasteiger partial charge on any atom is -0.496 e. The zero-order valence-corrected chi connectivity index (χ0v) is 13.7. The fourth-order valence-electron chi connectivity index (χ4n) is 2.38. The van der Waals surface area contributed by atoms with E-state index in [0.717, 1.165) is 17.7 Å². The molecule has 1 aromatic rings. The summed E-state index contributed by atoms with van der Waals surface area (Å²) in [5.41, 5.74) is 0.442. The molecule has 1 N–H and O–H groups in total. The zero-order valence-electron chi connectivity index (χ0n) is 13.7. The molecule has 0 aliphatic carbocycles. The van der Waals surface area contributed by atoms with E-state index in [0.29, 0.717) is 13.0 Å². The molecule has 0 spiro atoms. The summed E-state index contributed by atoms with van der Waals surface area (Å²) in [5.74, 6) is 0.149. The van der Waals surface area contributed by atoms with E-state index in [1.165, 1.54) is 0 Å². The highest BCUT2D eigenvalue weighted by molar-refractivity contribution is 5.74. The summed E-state index contributed by atoms with van der Waals surface area (Å²) in [5, 5.41) is 9.39. The predicted molar refractivity (Wildman–Crippen MR) is 84.8 cm³/mol. The molecule has 0 saturated carbocycles. The molecule has 118 valence electrons. The van der Waals surface area contributed by atoms with Crippen LogP contribution in [0.5, 0.6) is 5.75 Å². The number of rotatable bonds is 8. The van der Waals surface area contributed by atoms with Gasteiger partial charge in [-0.2, -0.15) is 0 Å². The van der Waals surface area contributed by atoms with Crippen molar-refractivity contribution in [1.82, 2.24) is 4.90 Å². The Kier molecular flexibility index (Phi) is 6.21. The van der Waals surface area contributed by atoms with Gasteiger partial charge in [-0.15, -0.1) is 0 Å². The Morgan fingerprint density at radius 2 is 2.05 bits per heavy atom. The molecule has 0 amide bonds. The number of carboxylic acids is 1.